The number of rotatable bonds is 8. The van der Waals surface area contributed by atoms with Gasteiger partial charge in [0, 0.05) is 45.7 Å². The largest absolute Gasteiger partial charge is 0.421 e. The van der Waals surface area contributed by atoms with Crippen molar-refractivity contribution in [3.05, 3.63) is 23.7 Å². The van der Waals surface area contributed by atoms with Crippen LogP contribution in [0.2, 0.25) is 0 Å². The molecule has 2 aromatic heterocycles. The summed E-state index contributed by atoms with van der Waals surface area (Å²) in [7, 11) is 1.70. The first-order chi connectivity index (χ1) is 14.3. The molecular formula is C19H28F3N7O. The van der Waals surface area contributed by atoms with E-state index in [1.54, 1.807) is 14.0 Å². The monoisotopic (exact) mass is 427 g/mol. The van der Waals surface area contributed by atoms with Gasteiger partial charge in [-0.3, -0.25) is 4.68 Å². The number of anilines is 3. The molecule has 3 rings (SSSR count). The van der Waals surface area contributed by atoms with E-state index in [0.29, 0.717) is 12.2 Å². The van der Waals surface area contributed by atoms with Gasteiger partial charge >= 0.3 is 6.18 Å². The van der Waals surface area contributed by atoms with Crippen molar-refractivity contribution in [2.75, 3.05) is 50.5 Å². The molecule has 0 spiro atoms. The number of hydrogen-bond donors (Lipinski definition) is 2. The minimum atomic E-state index is -4.52. The molecule has 30 heavy (non-hydrogen) atoms. The average Bonchev–Trinajstić information content (AvgIpc) is 3.06. The van der Waals surface area contributed by atoms with Crippen LogP contribution in [0.5, 0.6) is 0 Å². The van der Waals surface area contributed by atoms with Crippen LogP contribution in [0.25, 0.3) is 0 Å². The highest BCUT2D eigenvalue weighted by molar-refractivity contribution is 5.58. The second-order valence-electron chi connectivity index (χ2n) is 7.28. The standard InChI is InChI=1S/C19H28F3N7O/c1-4-23-17-15(19(20,21)22)11-24-18(26-17)25-16-12-29(27-13(16)2)14-5-7-28(8-6-14)9-10-30-3/h11-12,14H,4-10H2,1-3H3,(H2,23,24,25,26). The molecule has 0 unspecified atom stereocenters. The summed E-state index contributed by atoms with van der Waals surface area (Å²) in [5, 5.41) is 10.3. The van der Waals surface area contributed by atoms with Crippen LogP contribution in [0.15, 0.2) is 12.4 Å². The van der Waals surface area contributed by atoms with Crippen molar-refractivity contribution in [1.29, 1.82) is 0 Å². The molecule has 0 atom stereocenters. The molecular weight excluding hydrogens is 399 g/mol. The van der Waals surface area contributed by atoms with Crippen molar-refractivity contribution in [1.82, 2.24) is 24.6 Å². The Balaban J connectivity index is 1.70. The number of piperidine rings is 1. The number of hydrogen-bond acceptors (Lipinski definition) is 7. The van der Waals surface area contributed by atoms with E-state index in [1.807, 2.05) is 17.8 Å². The summed E-state index contributed by atoms with van der Waals surface area (Å²) in [6.45, 7) is 7.48. The summed E-state index contributed by atoms with van der Waals surface area (Å²) in [4.78, 5) is 10.2. The fourth-order valence-electron chi connectivity index (χ4n) is 3.49. The molecule has 2 N–H and O–H groups in total. The van der Waals surface area contributed by atoms with E-state index < -0.39 is 11.7 Å². The molecule has 8 nitrogen and oxygen atoms in total. The Bertz CT molecular complexity index is 832. The van der Waals surface area contributed by atoms with E-state index in [2.05, 4.69) is 30.6 Å². The second kappa shape index (κ2) is 9.61. The van der Waals surface area contributed by atoms with Crippen LogP contribution < -0.4 is 10.6 Å². The third-order valence-corrected chi connectivity index (χ3v) is 5.14. The highest BCUT2D eigenvalue weighted by Gasteiger charge is 2.35. The first kappa shape index (κ1) is 22.3. The fourth-order valence-corrected chi connectivity index (χ4v) is 3.49. The van der Waals surface area contributed by atoms with Gasteiger partial charge in [0.25, 0.3) is 0 Å². The molecule has 2 aromatic rings. The smallest absolute Gasteiger partial charge is 0.383 e. The van der Waals surface area contributed by atoms with Gasteiger partial charge in [0.1, 0.15) is 11.4 Å². The highest BCUT2D eigenvalue weighted by atomic mass is 19.4. The molecule has 3 heterocycles. The molecule has 1 fully saturated rings. The van der Waals surface area contributed by atoms with Gasteiger partial charge in [0.2, 0.25) is 5.95 Å². The summed E-state index contributed by atoms with van der Waals surface area (Å²) < 4.78 is 46.5. The number of aryl methyl sites for hydroxylation is 1. The van der Waals surface area contributed by atoms with Crippen LogP contribution in [-0.2, 0) is 10.9 Å². The van der Waals surface area contributed by atoms with Gasteiger partial charge in [-0.1, -0.05) is 0 Å². The van der Waals surface area contributed by atoms with Crippen molar-refractivity contribution in [2.45, 2.75) is 38.9 Å². The van der Waals surface area contributed by atoms with Crippen LogP contribution in [-0.4, -0.2) is 64.5 Å². The Kier molecular flexibility index (Phi) is 7.14. The molecule has 0 amide bonds. The first-order valence-electron chi connectivity index (χ1n) is 10.0. The molecule has 1 saturated heterocycles. The molecule has 0 bridgehead atoms. The maximum Gasteiger partial charge on any atom is 0.421 e. The minimum Gasteiger partial charge on any atom is -0.383 e. The molecule has 0 aliphatic carbocycles. The zero-order chi connectivity index (χ0) is 21.7. The lowest BCUT2D eigenvalue weighted by Crippen LogP contribution is -2.36. The lowest BCUT2D eigenvalue weighted by molar-refractivity contribution is -0.137. The maximum absolute atomic E-state index is 13.1. The van der Waals surface area contributed by atoms with E-state index in [1.165, 1.54) is 0 Å². The quantitative estimate of drug-likeness (QED) is 0.668. The third-order valence-electron chi connectivity index (χ3n) is 5.14. The average molecular weight is 427 g/mol. The number of aromatic nitrogens is 4. The lowest BCUT2D eigenvalue weighted by Gasteiger charge is -2.31. The van der Waals surface area contributed by atoms with Crippen LogP contribution >= 0.6 is 0 Å². The van der Waals surface area contributed by atoms with E-state index in [-0.39, 0.29) is 17.8 Å². The first-order valence-corrected chi connectivity index (χ1v) is 10.0. The molecule has 0 radical (unpaired) electrons. The molecule has 11 heteroatoms. The summed E-state index contributed by atoms with van der Waals surface area (Å²) >= 11 is 0. The van der Waals surface area contributed by atoms with Crippen molar-refractivity contribution in [3.63, 3.8) is 0 Å². The predicted molar refractivity (Wildman–Crippen MR) is 108 cm³/mol. The number of methoxy groups -OCH3 is 1. The van der Waals surface area contributed by atoms with E-state index >= 15 is 0 Å². The normalized spacial score (nSPS) is 16.1. The zero-order valence-electron chi connectivity index (χ0n) is 17.5. The Morgan fingerprint density at radius 2 is 2.00 bits per heavy atom. The number of halogens is 3. The molecule has 1 aliphatic heterocycles. The summed E-state index contributed by atoms with van der Waals surface area (Å²) in [5.41, 5.74) is 0.534. The maximum atomic E-state index is 13.1. The Labute approximate surface area is 173 Å². The van der Waals surface area contributed by atoms with Crippen molar-refractivity contribution >= 4 is 17.5 Å². The van der Waals surface area contributed by atoms with Crippen LogP contribution in [0.3, 0.4) is 0 Å². The summed E-state index contributed by atoms with van der Waals surface area (Å²) in [6, 6.07) is 0.281. The van der Waals surface area contributed by atoms with Crippen molar-refractivity contribution in [2.24, 2.45) is 0 Å². The number of ether oxygens (including phenoxy) is 1. The van der Waals surface area contributed by atoms with E-state index in [9.17, 15) is 13.2 Å². The minimum absolute atomic E-state index is 0.0935. The molecule has 166 valence electrons. The third kappa shape index (κ3) is 5.39. The van der Waals surface area contributed by atoms with Gasteiger partial charge in [0.15, 0.2) is 0 Å². The van der Waals surface area contributed by atoms with Gasteiger partial charge in [-0.2, -0.15) is 23.3 Å². The Morgan fingerprint density at radius 3 is 2.63 bits per heavy atom. The SMILES string of the molecule is CCNc1nc(Nc2cn(C3CCN(CCOC)CC3)nc2C)ncc1C(F)(F)F. The van der Waals surface area contributed by atoms with Gasteiger partial charge in [-0.15, -0.1) is 0 Å². The number of alkyl halides is 3. The summed E-state index contributed by atoms with van der Waals surface area (Å²) in [5.74, 6) is -0.146. The second-order valence-corrected chi connectivity index (χ2v) is 7.28. The van der Waals surface area contributed by atoms with Gasteiger partial charge in [-0.25, -0.2) is 4.98 Å². The fraction of sp³-hybridized carbons (Fsp3) is 0.632. The summed E-state index contributed by atoms with van der Waals surface area (Å²) in [6.07, 6.45) is 0.105. The van der Waals surface area contributed by atoms with Crippen LogP contribution in [0.1, 0.15) is 37.1 Å². The number of nitrogens with zero attached hydrogens (tertiary/aromatic N) is 5. The van der Waals surface area contributed by atoms with Crippen LogP contribution in [0, 0.1) is 6.92 Å². The molecule has 0 aromatic carbocycles. The van der Waals surface area contributed by atoms with Crippen LogP contribution in [0.4, 0.5) is 30.6 Å². The predicted octanol–water partition coefficient (Wildman–Crippen LogP) is 3.46. The lowest BCUT2D eigenvalue weighted by atomic mass is 10.1. The topological polar surface area (TPSA) is 80.1 Å². The number of likely N-dealkylation sites (tertiary alicyclic amines) is 1. The van der Waals surface area contributed by atoms with Gasteiger partial charge in [0.05, 0.1) is 24.0 Å². The zero-order valence-corrected chi connectivity index (χ0v) is 17.5. The molecule has 1 aliphatic rings. The van der Waals surface area contributed by atoms with Gasteiger partial charge < -0.3 is 20.3 Å². The molecule has 0 saturated carbocycles. The van der Waals surface area contributed by atoms with Crippen molar-refractivity contribution in [3.8, 4) is 0 Å². The Hall–Kier alpha value is -2.40. The number of nitrogens with one attached hydrogen (secondary N) is 2. The van der Waals surface area contributed by atoms with E-state index in [0.717, 1.165) is 51.0 Å². The Morgan fingerprint density at radius 1 is 1.27 bits per heavy atom. The van der Waals surface area contributed by atoms with Gasteiger partial charge in [-0.05, 0) is 26.7 Å². The highest BCUT2D eigenvalue weighted by Crippen LogP contribution is 2.34. The van der Waals surface area contributed by atoms with Crippen molar-refractivity contribution < 1.29 is 17.9 Å². The van der Waals surface area contributed by atoms with E-state index in [4.69, 9.17) is 4.74 Å².